The zero-order chi connectivity index (χ0) is 18.4. The van der Waals surface area contributed by atoms with E-state index < -0.39 is 6.10 Å². The molecule has 2 fully saturated rings. The third-order valence-electron chi connectivity index (χ3n) is 5.41. The molecule has 138 valence electrons. The number of aliphatic hydroxyl groups excluding tert-OH is 1. The van der Waals surface area contributed by atoms with E-state index in [2.05, 4.69) is 10.2 Å². The number of pyridine rings is 1. The third-order valence-corrected chi connectivity index (χ3v) is 5.41. The van der Waals surface area contributed by atoms with Crippen molar-refractivity contribution in [3.63, 3.8) is 0 Å². The van der Waals surface area contributed by atoms with Crippen molar-refractivity contribution in [3.8, 4) is 0 Å². The van der Waals surface area contributed by atoms with Crippen molar-refractivity contribution < 1.29 is 9.90 Å². The number of H-pyrrole nitrogens is 1. The first-order valence-electron chi connectivity index (χ1n) is 9.14. The monoisotopic (exact) mass is 356 g/mol. The van der Waals surface area contributed by atoms with E-state index in [1.165, 1.54) is 0 Å². The number of aliphatic hydroxyl groups is 1. The second-order valence-electron chi connectivity index (χ2n) is 7.60. The van der Waals surface area contributed by atoms with Crippen molar-refractivity contribution >= 4 is 5.91 Å². The largest absolute Gasteiger partial charge is 0.391 e. The molecule has 7 nitrogen and oxygen atoms in total. The van der Waals surface area contributed by atoms with Gasteiger partial charge in [0.1, 0.15) is 5.56 Å². The van der Waals surface area contributed by atoms with Crippen LogP contribution in [0, 0.1) is 19.8 Å². The highest BCUT2D eigenvalue weighted by Crippen LogP contribution is 2.33. The number of likely N-dealkylation sites (tertiary alicyclic amines) is 1. The van der Waals surface area contributed by atoms with E-state index in [4.69, 9.17) is 0 Å². The summed E-state index contributed by atoms with van der Waals surface area (Å²) in [7, 11) is 0. The molecule has 1 aliphatic heterocycles. The number of amides is 1. The Labute approximate surface area is 151 Å². The number of aryl methyl sites for hydroxylation is 2. The Balaban J connectivity index is 1.54. The summed E-state index contributed by atoms with van der Waals surface area (Å²) in [5.41, 5.74) is 2.58. The number of hydrogen-bond acceptors (Lipinski definition) is 4. The average molecular weight is 356 g/mol. The van der Waals surface area contributed by atoms with Crippen LogP contribution in [0.5, 0.6) is 0 Å². The lowest BCUT2D eigenvalue weighted by Crippen LogP contribution is -2.36. The fourth-order valence-electron chi connectivity index (χ4n) is 3.77. The van der Waals surface area contributed by atoms with Gasteiger partial charge in [0.15, 0.2) is 0 Å². The van der Waals surface area contributed by atoms with Gasteiger partial charge >= 0.3 is 0 Å². The number of β-amino-alcohol motifs (C(OH)–C–C–N with tert-alkyl or cyclic N) is 1. The normalized spacial score (nSPS) is 22.8. The summed E-state index contributed by atoms with van der Waals surface area (Å²) in [5, 5.41) is 17.5. The maximum Gasteiger partial charge on any atom is 0.263 e. The van der Waals surface area contributed by atoms with Crippen LogP contribution >= 0.6 is 0 Å². The summed E-state index contributed by atoms with van der Waals surface area (Å²) in [5.74, 6) is -0.349. The first kappa shape index (κ1) is 17.0. The molecule has 2 aromatic heterocycles. The smallest absolute Gasteiger partial charge is 0.263 e. The molecule has 26 heavy (non-hydrogen) atoms. The van der Waals surface area contributed by atoms with Gasteiger partial charge in [-0.15, -0.1) is 0 Å². The SMILES string of the molecule is Cc1cc(C[C@@H]2CN(C(=O)c3c(C)ccn(C4CC4)c3=O)C[C@H]2O)n[nH]1. The van der Waals surface area contributed by atoms with Gasteiger partial charge in [-0.2, -0.15) is 5.10 Å². The minimum Gasteiger partial charge on any atom is -0.391 e. The van der Waals surface area contributed by atoms with Crippen LogP contribution in [0.2, 0.25) is 0 Å². The number of aromatic amines is 1. The van der Waals surface area contributed by atoms with E-state index in [9.17, 15) is 14.7 Å². The van der Waals surface area contributed by atoms with E-state index in [0.29, 0.717) is 18.5 Å². The Morgan fingerprint density at radius 2 is 2.12 bits per heavy atom. The number of carbonyl (C=O) groups excluding carboxylic acids is 1. The van der Waals surface area contributed by atoms with Crippen molar-refractivity contribution in [2.24, 2.45) is 5.92 Å². The lowest BCUT2D eigenvalue weighted by molar-refractivity contribution is 0.0761. The topological polar surface area (TPSA) is 91.2 Å². The van der Waals surface area contributed by atoms with Gasteiger partial charge in [-0.25, -0.2) is 0 Å². The van der Waals surface area contributed by atoms with Gasteiger partial charge in [-0.1, -0.05) is 0 Å². The second-order valence-corrected chi connectivity index (χ2v) is 7.60. The summed E-state index contributed by atoms with van der Waals surface area (Å²) in [6.45, 7) is 4.41. The predicted molar refractivity (Wildman–Crippen MR) is 96.1 cm³/mol. The zero-order valence-electron chi connectivity index (χ0n) is 15.1. The van der Waals surface area contributed by atoms with Gasteiger partial charge in [0.2, 0.25) is 0 Å². The van der Waals surface area contributed by atoms with Crippen LogP contribution in [-0.4, -0.2) is 49.9 Å². The van der Waals surface area contributed by atoms with Gasteiger partial charge < -0.3 is 14.6 Å². The van der Waals surface area contributed by atoms with Crippen LogP contribution < -0.4 is 5.56 Å². The maximum absolute atomic E-state index is 13.0. The number of aromatic nitrogens is 3. The van der Waals surface area contributed by atoms with Crippen molar-refractivity contribution in [3.05, 3.63) is 51.2 Å². The lowest BCUT2D eigenvalue weighted by atomic mass is 10.00. The number of hydrogen-bond donors (Lipinski definition) is 2. The number of nitrogens with zero attached hydrogens (tertiary/aromatic N) is 3. The molecule has 1 aliphatic carbocycles. The molecule has 0 radical (unpaired) electrons. The van der Waals surface area contributed by atoms with Gasteiger partial charge in [0.25, 0.3) is 11.5 Å². The van der Waals surface area contributed by atoms with Crippen LogP contribution in [0.4, 0.5) is 0 Å². The number of nitrogens with one attached hydrogen (secondary N) is 1. The molecule has 2 aromatic rings. The lowest BCUT2D eigenvalue weighted by Gasteiger charge is -2.18. The molecule has 0 bridgehead atoms. The summed E-state index contributed by atoms with van der Waals surface area (Å²) >= 11 is 0. The van der Waals surface area contributed by atoms with E-state index in [1.54, 1.807) is 22.6 Å². The molecular weight excluding hydrogens is 332 g/mol. The van der Waals surface area contributed by atoms with E-state index in [0.717, 1.165) is 24.2 Å². The first-order chi connectivity index (χ1) is 12.4. The van der Waals surface area contributed by atoms with E-state index >= 15 is 0 Å². The minimum atomic E-state index is -0.606. The minimum absolute atomic E-state index is 0.0728. The molecule has 0 aromatic carbocycles. The quantitative estimate of drug-likeness (QED) is 0.861. The highest BCUT2D eigenvalue weighted by atomic mass is 16.3. The zero-order valence-corrected chi connectivity index (χ0v) is 15.1. The van der Waals surface area contributed by atoms with Gasteiger partial charge in [0.05, 0.1) is 11.8 Å². The van der Waals surface area contributed by atoms with Crippen LogP contribution in [0.1, 0.15) is 46.2 Å². The van der Waals surface area contributed by atoms with Crippen LogP contribution in [-0.2, 0) is 6.42 Å². The molecule has 0 spiro atoms. The molecular formula is C19H24N4O3. The second kappa shape index (κ2) is 6.39. The third kappa shape index (κ3) is 3.07. The Bertz CT molecular complexity index is 896. The molecule has 7 heteroatoms. The number of rotatable bonds is 4. The molecule has 2 atom stereocenters. The molecule has 1 amide bonds. The summed E-state index contributed by atoms with van der Waals surface area (Å²) in [6.07, 6.45) is 3.77. The molecule has 1 saturated carbocycles. The predicted octanol–water partition coefficient (Wildman–Crippen LogP) is 1.20. The molecule has 0 unspecified atom stereocenters. The van der Waals surface area contributed by atoms with Crippen molar-refractivity contribution in [1.82, 2.24) is 19.7 Å². The summed E-state index contributed by atoms with van der Waals surface area (Å²) in [4.78, 5) is 27.4. The highest BCUT2D eigenvalue weighted by molar-refractivity contribution is 5.95. The molecule has 1 saturated heterocycles. The Morgan fingerprint density at radius 1 is 1.35 bits per heavy atom. The molecule has 3 heterocycles. The first-order valence-corrected chi connectivity index (χ1v) is 9.14. The standard InChI is InChI=1S/C19H24N4O3/c1-11-5-6-23(15-3-4-15)19(26)17(11)18(25)22-9-13(16(24)10-22)8-14-7-12(2)20-21-14/h5-7,13,15-16,24H,3-4,8-10H2,1-2H3,(H,20,21)/t13-,16-/m1/s1. The number of carbonyl (C=O) groups is 1. The van der Waals surface area contributed by atoms with Crippen LogP contribution in [0.3, 0.4) is 0 Å². The fraction of sp³-hybridized carbons (Fsp3) is 0.526. The fourth-order valence-corrected chi connectivity index (χ4v) is 3.77. The molecule has 2 aliphatic rings. The maximum atomic E-state index is 13.0. The summed E-state index contributed by atoms with van der Waals surface area (Å²) < 4.78 is 1.68. The van der Waals surface area contributed by atoms with E-state index in [1.807, 2.05) is 19.1 Å². The summed E-state index contributed by atoms with van der Waals surface area (Å²) in [6, 6.07) is 4.02. The molecule has 2 N–H and O–H groups in total. The highest BCUT2D eigenvalue weighted by Gasteiger charge is 2.36. The van der Waals surface area contributed by atoms with Crippen molar-refractivity contribution in [2.75, 3.05) is 13.1 Å². The van der Waals surface area contributed by atoms with Crippen molar-refractivity contribution in [2.45, 2.75) is 45.3 Å². The molecule has 4 rings (SSSR count). The Hall–Kier alpha value is -2.41. The van der Waals surface area contributed by atoms with Crippen LogP contribution in [0.25, 0.3) is 0 Å². The Kier molecular flexibility index (Phi) is 4.19. The Morgan fingerprint density at radius 3 is 2.77 bits per heavy atom. The van der Waals surface area contributed by atoms with Gasteiger partial charge in [0, 0.05) is 36.9 Å². The van der Waals surface area contributed by atoms with Gasteiger partial charge in [-0.3, -0.25) is 14.7 Å². The average Bonchev–Trinajstić information content (AvgIpc) is 3.25. The van der Waals surface area contributed by atoms with Crippen LogP contribution in [0.15, 0.2) is 23.1 Å². The van der Waals surface area contributed by atoms with Gasteiger partial charge in [-0.05, 0) is 50.8 Å². The van der Waals surface area contributed by atoms with E-state index in [-0.39, 0.29) is 35.5 Å². The van der Waals surface area contributed by atoms with Crippen molar-refractivity contribution in [1.29, 1.82) is 0 Å².